The lowest BCUT2D eigenvalue weighted by Crippen LogP contribution is -2.45. The fourth-order valence-electron chi connectivity index (χ4n) is 14.2. The molecule has 3 N–H and O–H groups in total. The molecule has 2 atom stereocenters. The molecule has 568 valence electrons. The third-order valence-corrected chi connectivity index (χ3v) is 20.9. The highest BCUT2D eigenvalue weighted by Gasteiger charge is 2.18. The quantitative estimate of drug-likeness (QED) is 0.0320. The molecule has 0 rings (SSSR count). The Bertz CT molecular complexity index is 1560. The van der Waals surface area contributed by atoms with Gasteiger partial charge in [0, 0.05) is 12.8 Å². The van der Waals surface area contributed by atoms with Gasteiger partial charge in [-0.05, 0) is 83.5 Å². The topological polar surface area (TPSA) is 95.9 Å². The van der Waals surface area contributed by atoms with Gasteiger partial charge < -0.3 is 20.3 Å². The molecule has 0 radical (unpaired) electrons. The first-order valence-corrected chi connectivity index (χ1v) is 44.3. The highest BCUT2D eigenvalue weighted by molar-refractivity contribution is 5.76. The van der Waals surface area contributed by atoms with Crippen LogP contribution in [0.3, 0.4) is 0 Å². The highest BCUT2D eigenvalue weighted by Crippen LogP contribution is 2.21. The Morgan fingerprint density at radius 1 is 0.281 bits per heavy atom. The summed E-state index contributed by atoms with van der Waals surface area (Å²) in [5.41, 5.74) is 0. The van der Waals surface area contributed by atoms with Crippen molar-refractivity contribution in [2.75, 3.05) is 13.2 Å². The summed E-state index contributed by atoms with van der Waals surface area (Å²) in [5.74, 6) is -0.0422. The van der Waals surface area contributed by atoms with Crippen molar-refractivity contribution in [3.05, 3.63) is 36.5 Å². The zero-order valence-electron chi connectivity index (χ0n) is 65.4. The minimum Gasteiger partial charge on any atom is -0.466 e. The van der Waals surface area contributed by atoms with Gasteiger partial charge in [0.2, 0.25) is 5.91 Å². The van der Waals surface area contributed by atoms with Gasteiger partial charge in [-0.3, -0.25) is 9.59 Å². The summed E-state index contributed by atoms with van der Waals surface area (Å²) in [6.45, 7) is 4.96. The zero-order valence-corrected chi connectivity index (χ0v) is 65.4. The summed E-state index contributed by atoms with van der Waals surface area (Å²) in [6, 6.07) is -0.626. The molecule has 0 heterocycles. The summed E-state index contributed by atoms with van der Waals surface area (Å²) in [5, 5.41) is 23.3. The number of carbonyl (C=O) groups excluding carboxylic acids is 2. The summed E-state index contributed by atoms with van der Waals surface area (Å²) in [4.78, 5) is 24.7. The minimum atomic E-state index is -0.843. The number of ether oxygens (including phenoxy) is 1. The number of nitrogens with one attached hydrogen (secondary N) is 1. The standard InChI is InChI=1S/C90H173NO5/c1-3-5-7-9-11-13-15-17-19-21-22-23-24-42-45-48-51-54-58-62-66-70-74-78-82-88(93)87(86-92)91-89(94)83-79-75-71-67-63-59-55-52-49-46-43-40-38-36-34-32-30-28-26-25-27-29-31-33-35-37-39-41-44-47-50-53-57-61-65-69-73-77-81-85-96-90(95)84-80-76-72-68-64-60-56-20-18-16-14-12-10-8-6-4-2/h20,25-26,56,78,82,87-88,92-93H,3-19,21-24,27-55,57-77,79-81,83-86H2,1-2H3,(H,91,94)/b26-25-,56-20-,82-78+. The summed E-state index contributed by atoms with van der Waals surface area (Å²) in [7, 11) is 0. The van der Waals surface area contributed by atoms with Crippen molar-refractivity contribution in [2.45, 2.75) is 514 Å². The van der Waals surface area contributed by atoms with Gasteiger partial charge in [0.1, 0.15) is 0 Å². The molecule has 0 bridgehead atoms. The molecule has 0 aromatic rings. The maximum Gasteiger partial charge on any atom is 0.305 e. The molecule has 0 aliphatic rings. The molecule has 0 aliphatic carbocycles. The molecule has 6 heteroatoms. The van der Waals surface area contributed by atoms with Crippen molar-refractivity contribution in [2.24, 2.45) is 0 Å². The second-order valence-electron chi connectivity index (χ2n) is 30.6. The summed E-state index contributed by atoms with van der Waals surface area (Å²) in [6.07, 6.45) is 113. The van der Waals surface area contributed by atoms with Crippen LogP contribution in [0.15, 0.2) is 36.5 Å². The molecular formula is C90H173NO5. The van der Waals surface area contributed by atoms with Crippen molar-refractivity contribution >= 4 is 11.9 Å². The fraction of sp³-hybridized carbons (Fsp3) is 0.911. The molecule has 96 heavy (non-hydrogen) atoms. The van der Waals surface area contributed by atoms with E-state index in [-0.39, 0.29) is 18.5 Å². The lowest BCUT2D eigenvalue weighted by molar-refractivity contribution is -0.143. The van der Waals surface area contributed by atoms with Crippen LogP contribution in [0.1, 0.15) is 502 Å². The maximum atomic E-state index is 12.6. The molecular weight excluding hydrogens is 1170 g/mol. The van der Waals surface area contributed by atoms with Gasteiger partial charge >= 0.3 is 5.97 Å². The van der Waals surface area contributed by atoms with Gasteiger partial charge in [-0.2, -0.15) is 0 Å². The number of hydrogen-bond acceptors (Lipinski definition) is 5. The average molecular weight is 1350 g/mol. The SMILES string of the molecule is CCCCCCCCC/C=C\CCCCCCCC(=O)OCCCCCCCCCCCCCCCCCCCC/C=C\CCCCCCCCCCCCCCCCCCCC(=O)NC(CO)C(O)/C=C/CCCCCCCCCCCCCCCCCCCCCCCC. The van der Waals surface area contributed by atoms with E-state index in [4.69, 9.17) is 4.74 Å². The summed E-state index contributed by atoms with van der Waals surface area (Å²) < 4.78 is 5.51. The van der Waals surface area contributed by atoms with Crippen LogP contribution >= 0.6 is 0 Å². The highest BCUT2D eigenvalue weighted by atomic mass is 16.5. The monoisotopic (exact) mass is 1350 g/mol. The van der Waals surface area contributed by atoms with E-state index in [1.807, 2.05) is 6.08 Å². The fourth-order valence-corrected chi connectivity index (χ4v) is 14.2. The Kier molecular flexibility index (Phi) is 83.8. The Labute approximate surface area is 602 Å². The molecule has 0 saturated carbocycles. The van der Waals surface area contributed by atoms with Gasteiger partial charge in [0.05, 0.1) is 25.4 Å². The number of aliphatic hydroxyl groups is 2. The number of carbonyl (C=O) groups is 2. The van der Waals surface area contributed by atoms with Gasteiger partial charge in [-0.25, -0.2) is 0 Å². The van der Waals surface area contributed by atoms with Crippen molar-refractivity contribution in [3.63, 3.8) is 0 Å². The Balaban J connectivity index is 3.35. The van der Waals surface area contributed by atoms with E-state index in [0.717, 1.165) is 44.9 Å². The maximum absolute atomic E-state index is 12.6. The summed E-state index contributed by atoms with van der Waals surface area (Å²) >= 11 is 0. The molecule has 6 nitrogen and oxygen atoms in total. The van der Waals surface area contributed by atoms with Crippen LogP contribution in [-0.2, 0) is 14.3 Å². The van der Waals surface area contributed by atoms with Crippen molar-refractivity contribution < 1.29 is 24.5 Å². The van der Waals surface area contributed by atoms with Crippen LogP contribution in [0, 0.1) is 0 Å². The van der Waals surface area contributed by atoms with E-state index in [0.29, 0.717) is 19.4 Å². The Morgan fingerprint density at radius 3 is 0.740 bits per heavy atom. The predicted molar refractivity (Wildman–Crippen MR) is 426 cm³/mol. The first kappa shape index (κ1) is 94.1. The van der Waals surface area contributed by atoms with Crippen LogP contribution in [0.2, 0.25) is 0 Å². The van der Waals surface area contributed by atoms with Gasteiger partial charge in [0.15, 0.2) is 0 Å². The van der Waals surface area contributed by atoms with Crippen molar-refractivity contribution in [1.82, 2.24) is 5.32 Å². The molecule has 1 amide bonds. The molecule has 0 saturated heterocycles. The van der Waals surface area contributed by atoms with E-state index < -0.39 is 12.1 Å². The third kappa shape index (κ3) is 81.0. The second-order valence-corrected chi connectivity index (χ2v) is 30.6. The average Bonchev–Trinajstić information content (AvgIpc) is 2.37. The Morgan fingerprint density at radius 2 is 0.490 bits per heavy atom. The largest absolute Gasteiger partial charge is 0.466 e. The van der Waals surface area contributed by atoms with Crippen LogP contribution in [-0.4, -0.2) is 47.4 Å². The number of allylic oxidation sites excluding steroid dienone is 5. The van der Waals surface area contributed by atoms with Crippen molar-refractivity contribution in [3.8, 4) is 0 Å². The number of amides is 1. The van der Waals surface area contributed by atoms with E-state index >= 15 is 0 Å². The van der Waals surface area contributed by atoms with Crippen LogP contribution in [0.5, 0.6) is 0 Å². The number of hydrogen-bond donors (Lipinski definition) is 3. The van der Waals surface area contributed by atoms with E-state index in [1.165, 1.54) is 430 Å². The van der Waals surface area contributed by atoms with E-state index in [2.05, 4.69) is 43.5 Å². The normalized spacial score (nSPS) is 12.6. The van der Waals surface area contributed by atoms with E-state index in [1.54, 1.807) is 6.08 Å². The predicted octanol–water partition coefficient (Wildman–Crippen LogP) is 29.7. The van der Waals surface area contributed by atoms with Crippen LogP contribution < -0.4 is 5.32 Å². The molecule has 0 spiro atoms. The van der Waals surface area contributed by atoms with Gasteiger partial charge in [-0.1, -0.05) is 442 Å². The zero-order chi connectivity index (χ0) is 69.1. The molecule has 0 aromatic carbocycles. The second kappa shape index (κ2) is 85.5. The smallest absolute Gasteiger partial charge is 0.305 e. The molecule has 0 fully saturated rings. The van der Waals surface area contributed by atoms with Crippen LogP contribution in [0.25, 0.3) is 0 Å². The lowest BCUT2D eigenvalue weighted by atomic mass is 10.0. The molecule has 0 aromatic heterocycles. The van der Waals surface area contributed by atoms with Gasteiger partial charge in [0.25, 0.3) is 0 Å². The first-order valence-electron chi connectivity index (χ1n) is 44.3. The Hall–Kier alpha value is -1.92. The van der Waals surface area contributed by atoms with Crippen molar-refractivity contribution in [1.29, 1.82) is 0 Å². The van der Waals surface area contributed by atoms with E-state index in [9.17, 15) is 19.8 Å². The molecule has 2 unspecified atom stereocenters. The number of esters is 1. The third-order valence-electron chi connectivity index (χ3n) is 20.9. The lowest BCUT2D eigenvalue weighted by Gasteiger charge is -2.20. The minimum absolute atomic E-state index is 0.0159. The number of unbranched alkanes of at least 4 members (excludes halogenated alkanes) is 69. The number of rotatable bonds is 84. The van der Waals surface area contributed by atoms with Gasteiger partial charge in [-0.15, -0.1) is 0 Å². The first-order chi connectivity index (χ1) is 47.5. The number of aliphatic hydroxyl groups excluding tert-OH is 2. The van der Waals surface area contributed by atoms with Crippen LogP contribution in [0.4, 0.5) is 0 Å². The molecule has 0 aliphatic heterocycles.